The maximum Gasteiger partial charge on any atom is 0.279 e. The Morgan fingerprint density at radius 2 is 1.81 bits per heavy atom. The highest BCUT2D eigenvalue weighted by Crippen LogP contribution is 2.27. The molecule has 0 spiro atoms. The summed E-state index contributed by atoms with van der Waals surface area (Å²) in [6.45, 7) is 5.79. The van der Waals surface area contributed by atoms with Crippen molar-refractivity contribution in [2.24, 2.45) is 4.99 Å². The smallest absolute Gasteiger partial charge is 0.279 e. The van der Waals surface area contributed by atoms with E-state index in [2.05, 4.69) is 23.2 Å². The number of thiazole rings is 1. The van der Waals surface area contributed by atoms with E-state index < -0.39 is 15.9 Å². The maximum atomic E-state index is 13.1. The number of rotatable bonds is 10. The SMILES string of the molecule is CCCCN(CC)S(=O)(=O)c1ccc(C(=O)N=c2sc3c4ccccc4ccc3n2CCOC)cc1. The second-order valence-electron chi connectivity index (χ2n) is 8.46. The van der Waals surface area contributed by atoms with Crippen LogP contribution in [-0.4, -0.2) is 50.0 Å². The minimum absolute atomic E-state index is 0.181. The summed E-state index contributed by atoms with van der Waals surface area (Å²) < 4.78 is 35.8. The summed E-state index contributed by atoms with van der Waals surface area (Å²) >= 11 is 1.47. The van der Waals surface area contributed by atoms with E-state index in [1.165, 1.54) is 39.9 Å². The van der Waals surface area contributed by atoms with Gasteiger partial charge in [-0.25, -0.2) is 8.42 Å². The Morgan fingerprint density at radius 1 is 1.06 bits per heavy atom. The molecule has 1 amide bonds. The monoisotopic (exact) mass is 525 g/mol. The first-order valence-corrected chi connectivity index (χ1v) is 14.4. The number of fused-ring (bicyclic) bond motifs is 3. The van der Waals surface area contributed by atoms with Crippen LogP contribution in [0.5, 0.6) is 0 Å². The molecule has 0 atom stereocenters. The number of hydrogen-bond donors (Lipinski definition) is 0. The summed E-state index contributed by atoms with van der Waals surface area (Å²) in [5.41, 5.74) is 1.33. The van der Waals surface area contributed by atoms with E-state index in [0.29, 0.717) is 36.6 Å². The van der Waals surface area contributed by atoms with Crippen LogP contribution in [0.2, 0.25) is 0 Å². The van der Waals surface area contributed by atoms with Crippen molar-refractivity contribution >= 4 is 48.3 Å². The molecule has 9 heteroatoms. The lowest BCUT2D eigenvalue weighted by Gasteiger charge is -2.20. The van der Waals surface area contributed by atoms with Crippen LogP contribution in [0.1, 0.15) is 37.0 Å². The summed E-state index contributed by atoms with van der Waals surface area (Å²) in [7, 11) is -1.96. The molecule has 0 aliphatic carbocycles. The Morgan fingerprint density at radius 3 is 2.50 bits per heavy atom. The van der Waals surface area contributed by atoms with Crippen molar-refractivity contribution in [3.05, 3.63) is 71.0 Å². The standard InChI is InChI=1S/C27H31N3O4S2/c1-4-6-17-29(5-2)36(32,33)22-14-11-21(12-15-22)26(31)28-27-30(18-19-34-3)24-16-13-20-9-7-8-10-23(20)25(24)35-27/h7-16H,4-6,17-19H2,1-3H3. The zero-order valence-corrected chi connectivity index (χ0v) is 22.4. The summed E-state index contributed by atoms with van der Waals surface area (Å²) in [5, 5.41) is 2.23. The molecule has 0 saturated carbocycles. The first kappa shape index (κ1) is 26.2. The van der Waals surface area contributed by atoms with Crippen molar-refractivity contribution in [1.29, 1.82) is 0 Å². The van der Waals surface area contributed by atoms with Crippen LogP contribution in [0.15, 0.2) is 70.6 Å². The first-order chi connectivity index (χ1) is 17.4. The molecule has 36 heavy (non-hydrogen) atoms. The van der Waals surface area contributed by atoms with Gasteiger partial charge in [0.1, 0.15) is 0 Å². The molecule has 0 bridgehead atoms. The minimum atomic E-state index is -3.60. The van der Waals surface area contributed by atoms with Gasteiger partial charge in [-0.2, -0.15) is 9.30 Å². The molecule has 4 aromatic rings. The fourth-order valence-electron chi connectivity index (χ4n) is 4.14. The van der Waals surface area contributed by atoms with Crippen LogP contribution in [0.4, 0.5) is 0 Å². The number of methoxy groups -OCH3 is 1. The van der Waals surface area contributed by atoms with E-state index in [4.69, 9.17) is 4.74 Å². The predicted octanol–water partition coefficient (Wildman–Crippen LogP) is 5.05. The molecule has 1 aromatic heterocycles. The zero-order valence-electron chi connectivity index (χ0n) is 20.8. The van der Waals surface area contributed by atoms with Crippen LogP contribution >= 0.6 is 11.3 Å². The van der Waals surface area contributed by atoms with Crippen molar-refractivity contribution in [3.63, 3.8) is 0 Å². The molecule has 0 aliphatic heterocycles. The van der Waals surface area contributed by atoms with Gasteiger partial charge in [-0.05, 0) is 42.1 Å². The van der Waals surface area contributed by atoms with Gasteiger partial charge in [0, 0.05) is 37.7 Å². The van der Waals surface area contributed by atoms with E-state index in [9.17, 15) is 13.2 Å². The second kappa shape index (κ2) is 11.5. The van der Waals surface area contributed by atoms with Crippen LogP contribution < -0.4 is 4.80 Å². The van der Waals surface area contributed by atoms with Gasteiger partial charge in [0.05, 0.1) is 21.7 Å². The second-order valence-corrected chi connectivity index (χ2v) is 11.4. The number of amides is 1. The van der Waals surface area contributed by atoms with Gasteiger partial charge >= 0.3 is 0 Å². The van der Waals surface area contributed by atoms with Gasteiger partial charge in [-0.3, -0.25) is 4.79 Å². The molecule has 0 N–H and O–H groups in total. The molecule has 4 rings (SSSR count). The number of hydrogen-bond acceptors (Lipinski definition) is 5. The lowest BCUT2D eigenvalue weighted by molar-refractivity contribution is 0.0997. The molecule has 0 aliphatic rings. The summed E-state index contributed by atoms with van der Waals surface area (Å²) in [4.78, 5) is 18.3. The fraction of sp³-hybridized carbons (Fsp3) is 0.333. The van der Waals surface area contributed by atoms with Crippen molar-refractivity contribution < 1.29 is 17.9 Å². The van der Waals surface area contributed by atoms with Gasteiger partial charge in [0.15, 0.2) is 4.80 Å². The fourth-order valence-corrected chi connectivity index (χ4v) is 6.81. The van der Waals surface area contributed by atoms with Crippen LogP contribution in [0.3, 0.4) is 0 Å². The van der Waals surface area contributed by atoms with E-state index in [1.54, 1.807) is 7.11 Å². The Labute approximate surface area is 215 Å². The van der Waals surface area contributed by atoms with E-state index in [1.807, 2.05) is 36.6 Å². The Bertz CT molecular complexity index is 1540. The summed E-state index contributed by atoms with van der Waals surface area (Å²) in [6, 6.07) is 18.3. The van der Waals surface area contributed by atoms with Crippen molar-refractivity contribution in [3.8, 4) is 0 Å². The van der Waals surface area contributed by atoms with Gasteiger partial charge < -0.3 is 9.30 Å². The number of carbonyl (C=O) groups is 1. The Hall–Kier alpha value is -2.85. The average molecular weight is 526 g/mol. The van der Waals surface area contributed by atoms with Crippen LogP contribution in [0.25, 0.3) is 21.0 Å². The predicted molar refractivity (Wildman–Crippen MR) is 145 cm³/mol. The van der Waals surface area contributed by atoms with Gasteiger partial charge in [0.2, 0.25) is 10.0 Å². The highest BCUT2D eigenvalue weighted by atomic mass is 32.2. The average Bonchev–Trinajstić information content (AvgIpc) is 3.25. The molecule has 0 unspecified atom stereocenters. The number of carbonyl (C=O) groups excluding carboxylic acids is 1. The van der Waals surface area contributed by atoms with Crippen molar-refractivity contribution in [1.82, 2.24) is 8.87 Å². The van der Waals surface area contributed by atoms with Gasteiger partial charge in [0.25, 0.3) is 5.91 Å². The lowest BCUT2D eigenvalue weighted by atomic mass is 10.1. The molecule has 0 fully saturated rings. The molecule has 7 nitrogen and oxygen atoms in total. The Kier molecular flexibility index (Phi) is 8.35. The molecule has 0 saturated heterocycles. The van der Waals surface area contributed by atoms with Gasteiger partial charge in [-0.1, -0.05) is 61.9 Å². The number of ether oxygens (including phenoxy) is 1. The minimum Gasteiger partial charge on any atom is -0.383 e. The van der Waals surface area contributed by atoms with E-state index >= 15 is 0 Å². The number of sulfonamides is 1. The highest BCUT2D eigenvalue weighted by Gasteiger charge is 2.22. The largest absolute Gasteiger partial charge is 0.383 e. The van der Waals surface area contributed by atoms with E-state index in [-0.39, 0.29) is 4.90 Å². The zero-order chi connectivity index (χ0) is 25.7. The summed E-state index contributed by atoms with van der Waals surface area (Å²) in [5.74, 6) is -0.417. The first-order valence-electron chi connectivity index (χ1n) is 12.1. The third-order valence-corrected chi connectivity index (χ3v) is 9.26. The normalized spacial score (nSPS) is 12.7. The number of aromatic nitrogens is 1. The highest BCUT2D eigenvalue weighted by molar-refractivity contribution is 7.89. The molecule has 0 radical (unpaired) electrons. The molecule has 190 valence electrons. The number of nitrogens with zero attached hydrogens (tertiary/aromatic N) is 3. The molecule has 1 heterocycles. The number of benzene rings is 3. The van der Waals surface area contributed by atoms with Crippen LogP contribution in [-0.2, 0) is 21.3 Å². The Balaban J connectivity index is 1.71. The lowest BCUT2D eigenvalue weighted by Crippen LogP contribution is -2.31. The molecule has 3 aromatic carbocycles. The molecular weight excluding hydrogens is 494 g/mol. The third kappa shape index (κ3) is 5.29. The van der Waals surface area contributed by atoms with Crippen molar-refractivity contribution in [2.75, 3.05) is 26.8 Å². The van der Waals surface area contributed by atoms with Crippen molar-refractivity contribution in [2.45, 2.75) is 38.1 Å². The van der Waals surface area contributed by atoms with Gasteiger partial charge in [-0.15, -0.1) is 0 Å². The van der Waals surface area contributed by atoms with E-state index in [0.717, 1.165) is 33.8 Å². The number of unbranched alkanes of at least 4 members (excludes halogenated alkanes) is 1. The summed E-state index contributed by atoms with van der Waals surface area (Å²) in [6.07, 6.45) is 1.72. The topological polar surface area (TPSA) is 81.0 Å². The third-order valence-electron chi connectivity index (χ3n) is 6.14. The molecular formula is C27H31N3O4S2. The van der Waals surface area contributed by atoms with Crippen LogP contribution in [0, 0.1) is 0 Å². The quantitative estimate of drug-likeness (QED) is 0.290. The maximum absolute atomic E-state index is 13.1.